The zero-order valence-electron chi connectivity index (χ0n) is 10.4. The number of rotatable bonds is 0. The molecule has 2 aliphatic rings. The van der Waals surface area contributed by atoms with Crippen molar-refractivity contribution in [2.45, 2.75) is 32.6 Å². The highest BCUT2D eigenvalue weighted by molar-refractivity contribution is 5.68. The van der Waals surface area contributed by atoms with E-state index in [-0.39, 0.29) is 0 Å². The largest absolute Gasteiger partial charge is 0.0905 e. The van der Waals surface area contributed by atoms with Crippen LogP contribution < -0.4 is 10.4 Å². The van der Waals surface area contributed by atoms with Gasteiger partial charge in [0.25, 0.3) is 0 Å². The van der Waals surface area contributed by atoms with Gasteiger partial charge in [0.2, 0.25) is 0 Å². The molecule has 0 radical (unpaired) electrons. The maximum atomic E-state index is 4.30. The number of allylic oxidation sites excluding steroid dienone is 2. The van der Waals surface area contributed by atoms with Gasteiger partial charge in [0.15, 0.2) is 0 Å². The van der Waals surface area contributed by atoms with Gasteiger partial charge in [-0.05, 0) is 65.3 Å². The molecule has 0 atom stereocenters. The Bertz CT molecular complexity index is 627. The zero-order valence-corrected chi connectivity index (χ0v) is 10.4. The molecule has 0 heteroatoms. The molecule has 0 spiro atoms. The standard InChI is InChI=1S/C17H18/c1-3-13-12(2)14-8-4-5-10-16(14)17-11-7-6-9-15(13)17/h3-4,6,8-9H,2,5,7,10-11H2,1H3/b13-3+. The molecule has 2 aliphatic carbocycles. The van der Waals surface area contributed by atoms with Gasteiger partial charge in [0, 0.05) is 0 Å². The van der Waals surface area contributed by atoms with Crippen LogP contribution in [0.1, 0.15) is 42.0 Å². The molecule has 0 heterocycles. The van der Waals surface area contributed by atoms with Crippen LogP contribution in [0.3, 0.4) is 0 Å². The monoisotopic (exact) mass is 222 g/mol. The number of hydrogen-bond donors (Lipinski definition) is 0. The molecule has 0 bridgehead atoms. The Morgan fingerprint density at radius 2 is 1.59 bits per heavy atom. The molecule has 0 aromatic heterocycles. The molecule has 86 valence electrons. The Kier molecular flexibility index (Phi) is 2.51. The van der Waals surface area contributed by atoms with Crippen LogP contribution >= 0.6 is 0 Å². The molecule has 1 aromatic carbocycles. The van der Waals surface area contributed by atoms with E-state index in [2.05, 4.69) is 43.9 Å². The maximum Gasteiger partial charge on any atom is -0.0149 e. The minimum Gasteiger partial charge on any atom is -0.0905 e. The average Bonchev–Trinajstić information content (AvgIpc) is 2.40. The van der Waals surface area contributed by atoms with E-state index < -0.39 is 0 Å². The van der Waals surface area contributed by atoms with Crippen LogP contribution in [0.2, 0.25) is 0 Å². The van der Waals surface area contributed by atoms with Gasteiger partial charge in [-0.15, -0.1) is 0 Å². The molecule has 0 fully saturated rings. The first-order valence-corrected chi connectivity index (χ1v) is 6.49. The predicted octanol–water partition coefficient (Wildman–Crippen LogP) is 2.82. The van der Waals surface area contributed by atoms with Crippen molar-refractivity contribution in [3.63, 3.8) is 0 Å². The molecule has 17 heavy (non-hydrogen) atoms. The molecule has 0 nitrogen and oxygen atoms in total. The Balaban J connectivity index is 2.48. The summed E-state index contributed by atoms with van der Waals surface area (Å²) in [6, 6.07) is 0. The Morgan fingerprint density at radius 3 is 2.24 bits per heavy atom. The Hall–Kier alpha value is -1.56. The number of fused-ring (bicyclic) bond motifs is 3. The summed E-state index contributed by atoms with van der Waals surface area (Å²) in [7, 11) is 0. The van der Waals surface area contributed by atoms with Crippen molar-refractivity contribution < 1.29 is 0 Å². The molecule has 0 N–H and O–H groups in total. The predicted molar refractivity (Wildman–Crippen MR) is 76.1 cm³/mol. The van der Waals surface area contributed by atoms with Crippen molar-refractivity contribution in [1.29, 1.82) is 0 Å². The quantitative estimate of drug-likeness (QED) is 0.633. The van der Waals surface area contributed by atoms with Crippen LogP contribution in [0.4, 0.5) is 0 Å². The van der Waals surface area contributed by atoms with Crippen LogP contribution in [0.25, 0.3) is 24.8 Å². The summed E-state index contributed by atoms with van der Waals surface area (Å²) >= 11 is 0. The van der Waals surface area contributed by atoms with Gasteiger partial charge in [-0.3, -0.25) is 0 Å². The molecule has 0 amide bonds. The summed E-state index contributed by atoms with van der Waals surface area (Å²) in [4.78, 5) is 0. The van der Waals surface area contributed by atoms with Crippen LogP contribution in [0, 0.1) is 0 Å². The topological polar surface area (TPSA) is 0 Å². The molecular weight excluding hydrogens is 204 g/mol. The lowest BCUT2D eigenvalue weighted by Gasteiger charge is -2.21. The van der Waals surface area contributed by atoms with Gasteiger partial charge in [-0.2, -0.15) is 0 Å². The average molecular weight is 222 g/mol. The van der Waals surface area contributed by atoms with Crippen LogP contribution in [-0.4, -0.2) is 0 Å². The van der Waals surface area contributed by atoms with E-state index in [0.717, 1.165) is 0 Å². The lowest BCUT2D eigenvalue weighted by molar-refractivity contribution is 0.900. The Morgan fingerprint density at radius 1 is 1.00 bits per heavy atom. The molecular formula is C17H18. The van der Waals surface area contributed by atoms with Crippen molar-refractivity contribution in [2.24, 2.45) is 0 Å². The highest BCUT2D eigenvalue weighted by atomic mass is 14.2. The molecule has 0 unspecified atom stereocenters. The Labute approximate surface area is 103 Å². The second-order valence-corrected chi connectivity index (χ2v) is 4.85. The number of benzene rings is 1. The van der Waals surface area contributed by atoms with Crippen molar-refractivity contribution in [3.8, 4) is 0 Å². The van der Waals surface area contributed by atoms with E-state index in [1.54, 1.807) is 11.1 Å². The van der Waals surface area contributed by atoms with Gasteiger partial charge < -0.3 is 0 Å². The van der Waals surface area contributed by atoms with Crippen molar-refractivity contribution >= 4 is 24.8 Å². The molecule has 3 rings (SSSR count). The van der Waals surface area contributed by atoms with Gasteiger partial charge >= 0.3 is 0 Å². The van der Waals surface area contributed by atoms with E-state index >= 15 is 0 Å². The van der Waals surface area contributed by atoms with E-state index in [4.69, 9.17) is 0 Å². The summed E-state index contributed by atoms with van der Waals surface area (Å²) in [6.07, 6.45) is 16.1. The van der Waals surface area contributed by atoms with E-state index in [0.29, 0.717) is 0 Å². The van der Waals surface area contributed by atoms with Gasteiger partial charge in [-0.25, -0.2) is 0 Å². The van der Waals surface area contributed by atoms with Crippen LogP contribution in [-0.2, 0) is 12.8 Å². The SMILES string of the molecule is C=c1c2c(c3c(/c1=C/C)C=CCC3)CCC=C2. The lowest BCUT2D eigenvalue weighted by Crippen LogP contribution is -2.33. The van der Waals surface area contributed by atoms with Crippen LogP contribution in [0.15, 0.2) is 12.2 Å². The second-order valence-electron chi connectivity index (χ2n) is 4.85. The summed E-state index contributed by atoms with van der Waals surface area (Å²) in [5.41, 5.74) is 5.95. The first kappa shape index (κ1) is 10.6. The second kappa shape index (κ2) is 4.03. The minimum absolute atomic E-state index is 1.18. The third-order valence-corrected chi connectivity index (χ3v) is 3.93. The first-order chi connectivity index (χ1) is 8.33. The summed E-state index contributed by atoms with van der Waals surface area (Å²) in [5, 5.41) is 2.55. The minimum atomic E-state index is 1.18. The fourth-order valence-electron chi connectivity index (χ4n) is 3.13. The number of hydrogen-bond acceptors (Lipinski definition) is 0. The van der Waals surface area contributed by atoms with Gasteiger partial charge in [0.05, 0.1) is 0 Å². The van der Waals surface area contributed by atoms with Gasteiger partial charge in [0.1, 0.15) is 0 Å². The molecule has 0 saturated carbocycles. The fourth-order valence-corrected chi connectivity index (χ4v) is 3.13. The summed E-state index contributed by atoms with van der Waals surface area (Å²) in [5.74, 6) is 0. The molecule has 0 saturated heterocycles. The van der Waals surface area contributed by atoms with Gasteiger partial charge in [-0.1, -0.05) is 37.0 Å². The normalized spacial score (nSPS) is 18.1. The summed E-state index contributed by atoms with van der Waals surface area (Å²) in [6.45, 7) is 6.41. The van der Waals surface area contributed by atoms with Crippen molar-refractivity contribution in [1.82, 2.24) is 0 Å². The van der Waals surface area contributed by atoms with E-state index in [9.17, 15) is 0 Å². The highest BCUT2D eigenvalue weighted by Gasteiger charge is 2.16. The maximum absolute atomic E-state index is 4.30. The highest BCUT2D eigenvalue weighted by Crippen LogP contribution is 2.25. The lowest BCUT2D eigenvalue weighted by atomic mass is 9.83. The van der Waals surface area contributed by atoms with E-state index in [1.807, 2.05) is 0 Å². The summed E-state index contributed by atoms with van der Waals surface area (Å²) < 4.78 is 0. The zero-order chi connectivity index (χ0) is 11.8. The van der Waals surface area contributed by atoms with Crippen LogP contribution in [0.5, 0.6) is 0 Å². The van der Waals surface area contributed by atoms with E-state index in [1.165, 1.54) is 47.2 Å². The third kappa shape index (κ3) is 1.51. The smallest absolute Gasteiger partial charge is 0.0149 e. The third-order valence-electron chi connectivity index (χ3n) is 3.93. The molecule has 0 aliphatic heterocycles. The first-order valence-electron chi connectivity index (χ1n) is 6.49. The van der Waals surface area contributed by atoms with Crippen molar-refractivity contribution in [2.75, 3.05) is 0 Å². The molecule has 1 aromatic rings. The fraction of sp³-hybridized carbons (Fsp3) is 0.294. The van der Waals surface area contributed by atoms with Crippen molar-refractivity contribution in [3.05, 3.63) is 44.8 Å².